The van der Waals surface area contributed by atoms with Crippen LogP contribution in [0.25, 0.3) is 0 Å². The molecule has 2 aliphatic heterocycles. The molecular weight excluding hydrogens is 326 g/mol. The maximum Gasteiger partial charge on any atom is 0.348 e. The van der Waals surface area contributed by atoms with E-state index in [0.717, 1.165) is 12.0 Å². The van der Waals surface area contributed by atoms with Gasteiger partial charge in [-0.1, -0.05) is 18.2 Å². The molecule has 5 nitrogen and oxygen atoms in total. The van der Waals surface area contributed by atoms with Gasteiger partial charge in [0.25, 0.3) is 5.91 Å². The van der Waals surface area contributed by atoms with E-state index in [1.54, 1.807) is 16.2 Å². The lowest BCUT2D eigenvalue weighted by atomic mass is 10.1. The van der Waals surface area contributed by atoms with E-state index in [1.165, 1.54) is 10.4 Å². The van der Waals surface area contributed by atoms with Crippen LogP contribution < -0.4 is 4.74 Å². The SMILES string of the molecule is O=C(OCC(=O)N1CCc2sccc2C1)C1Cc2ccccc2O1. The van der Waals surface area contributed by atoms with Gasteiger partial charge < -0.3 is 14.4 Å². The second-order valence-corrected chi connectivity index (χ2v) is 6.96. The summed E-state index contributed by atoms with van der Waals surface area (Å²) in [5.74, 6) is 0.0790. The molecule has 1 aromatic heterocycles. The summed E-state index contributed by atoms with van der Waals surface area (Å²) in [6.45, 7) is 1.05. The van der Waals surface area contributed by atoms with Gasteiger partial charge in [0.1, 0.15) is 5.75 Å². The van der Waals surface area contributed by atoms with Gasteiger partial charge in [0.05, 0.1) is 0 Å². The van der Waals surface area contributed by atoms with Gasteiger partial charge in [0.2, 0.25) is 0 Å². The van der Waals surface area contributed by atoms with Crippen LogP contribution >= 0.6 is 11.3 Å². The Hall–Kier alpha value is -2.34. The third-order valence-corrected chi connectivity index (χ3v) is 5.43. The van der Waals surface area contributed by atoms with E-state index in [2.05, 4.69) is 6.07 Å². The first-order chi connectivity index (χ1) is 11.7. The lowest BCUT2D eigenvalue weighted by Crippen LogP contribution is -2.39. The van der Waals surface area contributed by atoms with Crippen LogP contribution in [0.5, 0.6) is 5.75 Å². The van der Waals surface area contributed by atoms with Gasteiger partial charge in [-0.3, -0.25) is 4.79 Å². The summed E-state index contributed by atoms with van der Waals surface area (Å²) in [5.41, 5.74) is 2.19. The Kier molecular flexibility index (Phi) is 3.98. The molecule has 24 heavy (non-hydrogen) atoms. The van der Waals surface area contributed by atoms with E-state index in [4.69, 9.17) is 9.47 Å². The van der Waals surface area contributed by atoms with Crippen molar-refractivity contribution < 1.29 is 19.1 Å². The fourth-order valence-corrected chi connectivity index (χ4v) is 3.98. The lowest BCUT2D eigenvalue weighted by molar-refractivity contribution is -0.157. The quantitative estimate of drug-likeness (QED) is 0.802. The second kappa shape index (κ2) is 6.28. The highest BCUT2D eigenvalue weighted by Gasteiger charge is 2.31. The molecule has 0 aliphatic carbocycles. The molecule has 124 valence electrons. The molecule has 3 heterocycles. The number of esters is 1. The van der Waals surface area contributed by atoms with E-state index in [1.807, 2.05) is 29.6 Å². The van der Waals surface area contributed by atoms with E-state index in [-0.39, 0.29) is 12.5 Å². The van der Waals surface area contributed by atoms with Crippen LogP contribution in [-0.2, 0) is 33.7 Å². The summed E-state index contributed by atoms with van der Waals surface area (Å²) in [6, 6.07) is 9.59. The molecule has 0 bridgehead atoms. The summed E-state index contributed by atoms with van der Waals surface area (Å²) < 4.78 is 10.8. The number of hydrogen-bond donors (Lipinski definition) is 0. The molecule has 2 aromatic rings. The number of carbonyl (C=O) groups is 2. The number of nitrogens with zero attached hydrogens (tertiary/aromatic N) is 1. The summed E-state index contributed by atoms with van der Waals surface area (Å²) in [6.07, 6.45) is 0.707. The maximum atomic E-state index is 12.3. The number of thiophene rings is 1. The topological polar surface area (TPSA) is 55.8 Å². The first-order valence-corrected chi connectivity index (χ1v) is 8.83. The minimum Gasteiger partial charge on any atom is -0.478 e. The monoisotopic (exact) mass is 343 g/mol. The zero-order valence-corrected chi connectivity index (χ0v) is 13.9. The average molecular weight is 343 g/mol. The summed E-state index contributed by atoms with van der Waals surface area (Å²) in [4.78, 5) is 27.5. The average Bonchev–Trinajstić information content (AvgIpc) is 3.24. The van der Waals surface area contributed by atoms with Crippen molar-refractivity contribution in [3.05, 3.63) is 51.7 Å². The highest BCUT2D eigenvalue weighted by atomic mass is 32.1. The van der Waals surface area contributed by atoms with Gasteiger partial charge >= 0.3 is 5.97 Å². The predicted molar refractivity (Wildman–Crippen MR) is 89.0 cm³/mol. The Morgan fingerprint density at radius 1 is 1.25 bits per heavy atom. The van der Waals surface area contributed by atoms with Crippen molar-refractivity contribution in [3.8, 4) is 5.75 Å². The Bertz CT molecular complexity index is 746. The third kappa shape index (κ3) is 2.89. The molecule has 4 rings (SSSR count). The molecule has 0 fully saturated rings. The summed E-state index contributed by atoms with van der Waals surface area (Å²) in [7, 11) is 0. The lowest BCUT2D eigenvalue weighted by Gasteiger charge is -2.26. The number of ether oxygens (including phenoxy) is 2. The standard InChI is InChI=1S/C18H17NO4S/c20-17(19-7-5-16-13(10-19)6-8-24-16)11-22-18(21)15-9-12-3-1-2-4-14(12)23-15/h1-4,6,8,15H,5,7,9-11H2. The van der Waals surface area contributed by atoms with Crippen molar-refractivity contribution in [2.24, 2.45) is 0 Å². The Morgan fingerprint density at radius 2 is 2.12 bits per heavy atom. The Labute approximate surface area is 143 Å². The van der Waals surface area contributed by atoms with Crippen LogP contribution in [0.1, 0.15) is 16.0 Å². The van der Waals surface area contributed by atoms with Crippen LogP contribution in [0.4, 0.5) is 0 Å². The van der Waals surface area contributed by atoms with Gasteiger partial charge in [-0.15, -0.1) is 11.3 Å². The second-order valence-electron chi connectivity index (χ2n) is 5.96. The smallest absolute Gasteiger partial charge is 0.348 e. The molecule has 1 amide bonds. The van der Waals surface area contributed by atoms with Crippen LogP contribution in [0.2, 0.25) is 0 Å². The Morgan fingerprint density at radius 3 is 3.00 bits per heavy atom. The first-order valence-electron chi connectivity index (χ1n) is 7.95. The van der Waals surface area contributed by atoms with E-state index >= 15 is 0 Å². The molecule has 1 atom stereocenters. The summed E-state index contributed by atoms with van der Waals surface area (Å²) >= 11 is 1.73. The highest BCUT2D eigenvalue weighted by molar-refractivity contribution is 7.10. The molecule has 0 radical (unpaired) electrons. The number of benzene rings is 1. The van der Waals surface area contributed by atoms with Crippen molar-refractivity contribution in [3.63, 3.8) is 0 Å². The van der Waals surface area contributed by atoms with Gasteiger partial charge in [0.15, 0.2) is 12.7 Å². The molecule has 0 spiro atoms. The minimum absolute atomic E-state index is 0.157. The van der Waals surface area contributed by atoms with Crippen molar-refractivity contribution in [2.75, 3.05) is 13.2 Å². The van der Waals surface area contributed by atoms with Crippen molar-refractivity contribution in [1.29, 1.82) is 0 Å². The number of hydrogen-bond acceptors (Lipinski definition) is 5. The number of carbonyl (C=O) groups excluding carboxylic acids is 2. The van der Waals surface area contributed by atoms with Gasteiger partial charge in [-0.05, 0) is 35.1 Å². The summed E-state index contributed by atoms with van der Waals surface area (Å²) in [5, 5.41) is 2.05. The van der Waals surface area contributed by atoms with Crippen molar-refractivity contribution in [1.82, 2.24) is 4.90 Å². The van der Waals surface area contributed by atoms with E-state index in [0.29, 0.717) is 25.3 Å². The first kappa shape index (κ1) is 15.2. The van der Waals surface area contributed by atoms with Crippen LogP contribution in [-0.4, -0.2) is 36.0 Å². The molecule has 1 aromatic carbocycles. The van der Waals surface area contributed by atoms with Crippen LogP contribution in [0.15, 0.2) is 35.7 Å². The number of rotatable bonds is 3. The van der Waals surface area contributed by atoms with Gasteiger partial charge in [0, 0.05) is 24.4 Å². The largest absolute Gasteiger partial charge is 0.478 e. The zero-order valence-electron chi connectivity index (χ0n) is 13.1. The highest BCUT2D eigenvalue weighted by Crippen LogP contribution is 2.28. The number of amides is 1. The normalized spacial score (nSPS) is 18.5. The molecule has 2 aliphatic rings. The van der Waals surface area contributed by atoms with Gasteiger partial charge in [-0.2, -0.15) is 0 Å². The predicted octanol–water partition coefficient (Wildman–Crippen LogP) is 2.18. The van der Waals surface area contributed by atoms with Crippen LogP contribution in [0, 0.1) is 0 Å². The molecule has 0 saturated carbocycles. The van der Waals surface area contributed by atoms with E-state index < -0.39 is 12.1 Å². The van der Waals surface area contributed by atoms with Crippen molar-refractivity contribution in [2.45, 2.75) is 25.5 Å². The minimum atomic E-state index is -0.653. The fourth-order valence-electron chi connectivity index (χ4n) is 3.09. The van der Waals surface area contributed by atoms with Crippen LogP contribution in [0.3, 0.4) is 0 Å². The van der Waals surface area contributed by atoms with Crippen molar-refractivity contribution >= 4 is 23.2 Å². The number of fused-ring (bicyclic) bond motifs is 2. The Balaban J connectivity index is 1.30. The fraction of sp³-hybridized carbons (Fsp3) is 0.333. The maximum absolute atomic E-state index is 12.3. The molecule has 0 N–H and O–H groups in total. The third-order valence-electron chi connectivity index (χ3n) is 4.41. The zero-order chi connectivity index (χ0) is 16.5. The molecule has 6 heteroatoms. The molecule has 1 unspecified atom stereocenters. The van der Waals surface area contributed by atoms with E-state index in [9.17, 15) is 9.59 Å². The number of para-hydroxylation sites is 1. The molecule has 0 saturated heterocycles. The van der Waals surface area contributed by atoms with Gasteiger partial charge in [-0.25, -0.2) is 4.79 Å². The molecular formula is C18H17NO4S.